The van der Waals surface area contributed by atoms with Gasteiger partial charge in [0.05, 0.1) is 43.0 Å². The van der Waals surface area contributed by atoms with Crippen LogP contribution in [0, 0.1) is 35.0 Å². The zero-order chi connectivity index (χ0) is 76.2. The number of aromatic amines is 1. The van der Waals surface area contributed by atoms with Crippen molar-refractivity contribution in [3.63, 3.8) is 0 Å². The van der Waals surface area contributed by atoms with Crippen LogP contribution in [0.1, 0.15) is 140 Å². The van der Waals surface area contributed by atoms with Gasteiger partial charge in [0.15, 0.2) is 28.9 Å². The number of nitrogens with two attached hydrogens (primary N) is 2. The summed E-state index contributed by atoms with van der Waals surface area (Å²) in [5.41, 5.74) is 14.0. The van der Waals surface area contributed by atoms with E-state index >= 15 is 4.79 Å². The van der Waals surface area contributed by atoms with E-state index in [9.17, 15) is 72.9 Å². The number of nitrogens with zero attached hydrogens (tertiary/aromatic N) is 3. The van der Waals surface area contributed by atoms with Gasteiger partial charge >= 0.3 is 0 Å². The van der Waals surface area contributed by atoms with Gasteiger partial charge in [-0.25, -0.2) is 4.98 Å². The highest BCUT2D eigenvalue weighted by molar-refractivity contribution is 7.98. The molecular formula is C75H102N12O16S. The average Bonchev–Trinajstić information content (AvgIpc) is 1.66. The molecule has 6 rings (SSSR count). The van der Waals surface area contributed by atoms with Crippen molar-refractivity contribution in [1.29, 1.82) is 5.41 Å². The molecular weight excluding hydrogens is 1360 g/mol. The van der Waals surface area contributed by atoms with Gasteiger partial charge in [0.1, 0.15) is 29.9 Å². The lowest BCUT2D eigenvalue weighted by Crippen LogP contribution is -2.56. The van der Waals surface area contributed by atoms with Crippen LogP contribution in [0.3, 0.4) is 0 Å². The normalized spacial score (nSPS) is 17.4. The number of Topliss-reactive ketones (excluding diaryl/α,β-unsaturated/α-hetero) is 5. The molecule has 0 aliphatic carbocycles. The minimum absolute atomic E-state index is 0.00395. The third-order valence-electron chi connectivity index (χ3n) is 19.0. The summed E-state index contributed by atoms with van der Waals surface area (Å²) in [4.78, 5) is 191. The summed E-state index contributed by atoms with van der Waals surface area (Å²) in [6, 6.07) is 16.2. The fraction of sp³-hybridized carbons (Fsp3) is 0.533. The first-order valence-electron chi connectivity index (χ1n) is 35.5. The maximum Gasteiger partial charge on any atom is 0.246 e. The molecule has 0 saturated carbocycles. The predicted octanol–water partition coefficient (Wildman–Crippen LogP) is 2.84. The molecule has 3 aromatic carbocycles. The number of H-pyrrole nitrogens is 1. The molecule has 0 bridgehead atoms. The van der Waals surface area contributed by atoms with Gasteiger partial charge in [0, 0.05) is 113 Å². The Morgan fingerprint density at radius 3 is 1.75 bits per heavy atom. The summed E-state index contributed by atoms with van der Waals surface area (Å²) < 4.78 is 0. The number of rotatable bonds is 45. The second-order valence-corrected chi connectivity index (χ2v) is 28.4. The number of benzene rings is 3. The standard InChI is InChI=1S/C75H102N12O16S/c1-44(32-64(95)68(46(3)89)85-72(100)54(34-48-16-8-6-9-17-48)36-57(92)42-80-70(98)52(28-31-104-5)38-65(96)67(45(2)88)82-47(4)90)74(102)86-29-14-21-60(86)63(94)37-51(20-12-13-23-66(76)77)71(99)84-59(35-49-18-10-7-11-19-49)75(103)87-30-15-22-61(87)73(101)83-58(40-55-41-79-43-81-55)62(93)39-53(69(78)97)33-50-24-26-56(91)27-25-50/h6-11,16-19,24-27,41,43-46,51-54,58-61,67-68,88-89,91H,12-15,20-23,28-40,42H2,1-5H3,(H3,76,77)(H2,78,97)(H,79,81)(H,80,98)(H,82,90)(H,83,101)(H,84,99)(H,85,100)/t44-,45-,46-,51-,52-,53-,54-,58+,59+,60+,61+,67+,68+/m1/s1. The Morgan fingerprint density at radius 1 is 0.606 bits per heavy atom. The molecule has 28 nitrogen and oxygen atoms in total. The van der Waals surface area contributed by atoms with Crippen molar-refractivity contribution in [1.82, 2.24) is 46.4 Å². The molecule has 8 amide bonds. The fourth-order valence-electron chi connectivity index (χ4n) is 13.3. The fourth-order valence-corrected chi connectivity index (χ4v) is 13.9. The smallest absolute Gasteiger partial charge is 0.246 e. The highest BCUT2D eigenvalue weighted by atomic mass is 32.2. The number of likely N-dealkylation sites (tertiary alicyclic amines) is 2. The lowest BCUT2D eigenvalue weighted by molar-refractivity contribution is -0.144. The van der Waals surface area contributed by atoms with E-state index in [1.165, 1.54) is 73.9 Å². The van der Waals surface area contributed by atoms with Gasteiger partial charge in [0.25, 0.3) is 0 Å². The third kappa shape index (κ3) is 26.3. The SMILES string of the molecule is CSCC[C@H](CC(=O)[C@@H](NC(C)=O)[C@@H](C)O)C(=O)NCC(=O)C[C@@H](Cc1ccccc1)C(=O)N[C@H](C(=O)C[C@@H](C)C(=O)N1CCC[C@H]1C(=O)C[C@@H](CCCCC(=N)N)C(=O)N[C@@H](Cc1ccccc1)C(=O)N1CCC[C@H]1C(=O)N[C@@H](Cc1cnc[nH]1)C(=O)C[C@@H](Cc1ccc(O)cc1)C(N)=O)[C@@H](C)O. The predicted molar refractivity (Wildman–Crippen MR) is 387 cm³/mol. The van der Waals surface area contributed by atoms with Crippen LogP contribution < -0.4 is 38.1 Å². The maximum atomic E-state index is 15.1. The van der Waals surface area contributed by atoms with Gasteiger partial charge in [0.2, 0.25) is 47.3 Å². The number of amides is 8. The number of phenols is 1. The Balaban J connectivity index is 1.14. The number of phenolic OH excluding ortho intramolecular Hbond substituents is 1. The minimum atomic E-state index is -1.56. The largest absolute Gasteiger partial charge is 0.508 e. The van der Waals surface area contributed by atoms with Crippen LogP contribution in [0.15, 0.2) is 97.5 Å². The van der Waals surface area contributed by atoms with Gasteiger partial charge in [-0.3, -0.25) is 67.7 Å². The number of hydrogen-bond acceptors (Lipinski definition) is 19. The molecule has 29 heteroatoms. The molecule has 0 radical (unpaired) electrons. The highest BCUT2D eigenvalue weighted by Gasteiger charge is 2.43. The van der Waals surface area contributed by atoms with Crippen molar-refractivity contribution >= 4 is 93.8 Å². The van der Waals surface area contributed by atoms with Gasteiger partial charge in [-0.2, -0.15) is 11.8 Å². The molecule has 2 aliphatic heterocycles. The topological polar surface area (TPSA) is 454 Å². The number of carbonyl (C=O) groups is 13. The summed E-state index contributed by atoms with van der Waals surface area (Å²) in [6.45, 7) is 5.00. The first-order chi connectivity index (χ1) is 49.5. The Labute approximate surface area is 610 Å². The maximum absolute atomic E-state index is 15.1. The number of aliphatic hydroxyl groups excluding tert-OH is 2. The Morgan fingerprint density at radius 2 is 1.16 bits per heavy atom. The summed E-state index contributed by atoms with van der Waals surface area (Å²) >= 11 is 1.43. The summed E-state index contributed by atoms with van der Waals surface area (Å²) in [7, 11) is 0. The van der Waals surface area contributed by atoms with E-state index in [0.717, 1.165) is 0 Å². The number of aliphatic hydroxyl groups is 2. The van der Waals surface area contributed by atoms with E-state index in [4.69, 9.17) is 16.9 Å². The number of amidine groups is 1. The molecule has 3 heterocycles. The molecule has 1 aromatic heterocycles. The zero-order valence-corrected chi connectivity index (χ0v) is 60.7. The van der Waals surface area contributed by atoms with Gasteiger partial charge in [-0.15, -0.1) is 0 Å². The Bertz CT molecular complexity index is 3600. The van der Waals surface area contributed by atoms with E-state index in [0.29, 0.717) is 53.8 Å². The highest BCUT2D eigenvalue weighted by Crippen LogP contribution is 2.29. The third-order valence-corrected chi connectivity index (χ3v) is 19.7. The number of ketones is 5. The molecule has 0 spiro atoms. The molecule has 2 aliphatic rings. The second-order valence-electron chi connectivity index (χ2n) is 27.5. The van der Waals surface area contributed by atoms with Gasteiger partial charge < -0.3 is 68.2 Å². The van der Waals surface area contributed by atoms with Crippen molar-refractivity contribution in [2.45, 2.75) is 192 Å². The van der Waals surface area contributed by atoms with Crippen LogP contribution in [-0.2, 0) is 88.0 Å². The molecule has 564 valence electrons. The quantitative estimate of drug-likeness (QED) is 0.0172. The van der Waals surface area contributed by atoms with Gasteiger partial charge in [-0.05, 0) is 112 Å². The van der Waals surface area contributed by atoms with E-state index in [-0.39, 0.29) is 102 Å². The minimum Gasteiger partial charge on any atom is -0.508 e. The van der Waals surface area contributed by atoms with Gasteiger partial charge in [-0.1, -0.05) is 86.1 Å². The number of imidazole rings is 1. The number of aromatic nitrogens is 2. The molecule has 2 saturated heterocycles. The average molecular weight is 1460 g/mol. The van der Waals surface area contributed by atoms with E-state index in [1.807, 2.05) is 6.26 Å². The lowest BCUT2D eigenvalue weighted by atomic mass is 9.90. The van der Waals surface area contributed by atoms with Crippen molar-refractivity contribution in [3.8, 4) is 5.75 Å². The summed E-state index contributed by atoms with van der Waals surface area (Å²) in [5, 5.41) is 52.3. The Kier molecular flexibility index (Phi) is 33.5. The number of primary amides is 1. The number of aromatic hydroxyl groups is 1. The lowest BCUT2D eigenvalue weighted by Gasteiger charge is -2.31. The van der Waals surface area contributed by atoms with Crippen molar-refractivity contribution in [2.24, 2.45) is 41.1 Å². The van der Waals surface area contributed by atoms with Crippen LogP contribution in [0.25, 0.3) is 0 Å². The molecule has 104 heavy (non-hydrogen) atoms. The zero-order valence-electron chi connectivity index (χ0n) is 59.9. The molecule has 2 fully saturated rings. The number of nitrogens with one attached hydrogen (secondary N) is 7. The van der Waals surface area contributed by atoms with Crippen LogP contribution in [0.5, 0.6) is 5.75 Å². The first-order valence-corrected chi connectivity index (χ1v) is 36.9. The van der Waals surface area contributed by atoms with Crippen molar-refractivity contribution < 1.29 is 77.6 Å². The van der Waals surface area contributed by atoms with Crippen LogP contribution in [0.2, 0.25) is 0 Å². The van der Waals surface area contributed by atoms with E-state index in [2.05, 4.69) is 36.6 Å². The number of hydrogen-bond donors (Lipinski definition) is 12. The molecule has 13 atom stereocenters. The van der Waals surface area contributed by atoms with Crippen LogP contribution >= 0.6 is 11.8 Å². The summed E-state index contributed by atoms with van der Waals surface area (Å²) in [5.74, 6) is -12.8. The second kappa shape index (κ2) is 41.7. The van der Waals surface area contributed by atoms with Crippen LogP contribution in [0.4, 0.5) is 0 Å². The Hall–Kier alpha value is -9.48. The number of thioether (sulfide) groups is 1. The first kappa shape index (κ1) is 83.5. The van der Waals surface area contributed by atoms with Crippen LogP contribution in [-0.4, -0.2) is 197 Å². The van der Waals surface area contributed by atoms with Crippen molar-refractivity contribution in [2.75, 3.05) is 31.6 Å². The molecule has 14 N–H and O–H groups in total. The summed E-state index contributed by atoms with van der Waals surface area (Å²) in [6.07, 6.45) is 2.45. The van der Waals surface area contributed by atoms with E-state index < -0.39 is 174 Å². The number of unbranched alkanes of at least 4 members (excludes halogenated alkanes) is 1. The van der Waals surface area contributed by atoms with Crippen molar-refractivity contribution in [3.05, 3.63) is 120 Å². The monoisotopic (exact) mass is 1460 g/mol. The molecule has 0 unspecified atom stereocenters. The van der Waals surface area contributed by atoms with E-state index in [1.54, 1.807) is 72.8 Å². The number of carbonyl (C=O) groups excluding carboxylic acids is 13. The molecule has 4 aromatic rings.